The molecule has 0 aliphatic carbocycles. The van der Waals surface area contributed by atoms with Crippen molar-refractivity contribution in [1.82, 2.24) is 0 Å². The van der Waals surface area contributed by atoms with Gasteiger partial charge < -0.3 is 14.9 Å². The topological polar surface area (TPSA) is 83.8 Å². The van der Waals surface area contributed by atoms with Crippen molar-refractivity contribution in [3.63, 3.8) is 0 Å². The minimum atomic E-state index is -1.99. The third-order valence-corrected chi connectivity index (χ3v) is 4.76. The maximum absolute atomic E-state index is 12.7. The predicted octanol–water partition coefficient (Wildman–Crippen LogP) is 3.12. The van der Waals surface area contributed by atoms with E-state index >= 15 is 0 Å². The molecule has 1 heterocycles. The predicted molar refractivity (Wildman–Crippen MR) is 101 cm³/mol. The quantitative estimate of drug-likeness (QED) is 0.447. The van der Waals surface area contributed by atoms with Gasteiger partial charge in [0.05, 0.1) is 6.61 Å². The highest BCUT2D eigenvalue weighted by molar-refractivity contribution is 6.03. The fourth-order valence-corrected chi connectivity index (χ4v) is 3.42. The smallest absolute Gasteiger partial charge is 0.316 e. The van der Waals surface area contributed by atoms with Crippen LogP contribution in [-0.2, 0) is 14.3 Å². The van der Waals surface area contributed by atoms with Gasteiger partial charge in [-0.3, -0.25) is 9.59 Å². The molecule has 1 rings (SSSR count). The van der Waals surface area contributed by atoms with Gasteiger partial charge in [-0.25, -0.2) is 0 Å². The van der Waals surface area contributed by atoms with Gasteiger partial charge in [0.25, 0.3) is 0 Å². The van der Waals surface area contributed by atoms with Gasteiger partial charge in [0, 0.05) is 6.42 Å². The van der Waals surface area contributed by atoms with E-state index in [2.05, 4.69) is 6.58 Å². The summed E-state index contributed by atoms with van der Waals surface area (Å²) in [7, 11) is 0. The molecule has 4 atom stereocenters. The Morgan fingerprint density at radius 1 is 1.31 bits per heavy atom. The summed E-state index contributed by atoms with van der Waals surface area (Å²) in [6, 6.07) is 0. The third kappa shape index (κ3) is 5.64. The van der Waals surface area contributed by atoms with Gasteiger partial charge >= 0.3 is 5.97 Å². The highest BCUT2D eigenvalue weighted by Gasteiger charge is 2.42. The van der Waals surface area contributed by atoms with Gasteiger partial charge in [-0.05, 0) is 45.1 Å². The Morgan fingerprint density at radius 2 is 1.92 bits per heavy atom. The first-order chi connectivity index (χ1) is 12.0. The number of Topliss-reactive ketones (excluding diaryl/α,β-unsaturated/α-hetero) is 1. The fourth-order valence-electron chi connectivity index (χ4n) is 3.42. The first kappa shape index (κ1) is 22.3. The van der Waals surface area contributed by atoms with E-state index in [0.29, 0.717) is 12.8 Å². The number of cyclic esters (lactones) is 1. The highest BCUT2D eigenvalue weighted by atomic mass is 16.5. The van der Waals surface area contributed by atoms with Gasteiger partial charge in [-0.1, -0.05) is 43.7 Å². The van der Waals surface area contributed by atoms with E-state index in [9.17, 15) is 19.8 Å². The summed E-state index contributed by atoms with van der Waals surface area (Å²) in [4.78, 5) is 25.1. The van der Waals surface area contributed by atoms with Crippen LogP contribution >= 0.6 is 0 Å². The molecule has 0 radical (unpaired) electrons. The molecule has 0 saturated heterocycles. The molecule has 1 aliphatic rings. The van der Waals surface area contributed by atoms with Crippen molar-refractivity contribution in [2.75, 3.05) is 6.61 Å². The van der Waals surface area contributed by atoms with E-state index in [4.69, 9.17) is 4.74 Å². The van der Waals surface area contributed by atoms with E-state index in [1.165, 1.54) is 6.92 Å². The average Bonchev–Trinajstić information content (AvgIpc) is 2.56. The molecule has 0 aromatic heterocycles. The van der Waals surface area contributed by atoms with E-state index in [-0.39, 0.29) is 12.3 Å². The second kappa shape index (κ2) is 9.28. The maximum Gasteiger partial charge on any atom is 0.316 e. The van der Waals surface area contributed by atoms with Crippen LogP contribution in [0.3, 0.4) is 0 Å². The number of hydrogen-bond donors (Lipinski definition) is 2. The van der Waals surface area contributed by atoms with E-state index in [1.54, 1.807) is 6.92 Å². The zero-order valence-corrected chi connectivity index (χ0v) is 16.5. The number of allylic oxidation sites excluding steroid dienone is 3. The van der Waals surface area contributed by atoms with Crippen molar-refractivity contribution in [3.05, 3.63) is 35.5 Å². The van der Waals surface area contributed by atoms with Crippen molar-refractivity contribution >= 4 is 11.8 Å². The van der Waals surface area contributed by atoms with Gasteiger partial charge in [-0.2, -0.15) is 0 Å². The summed E-state index contributed by atoms with van der Waals surface area (Å²) in [6.45, 7) is 12.3. The van der Waals surface area contributed by atoms with Crippen molar-refractivity contribution in [1.29, 1.82) is 0 Å². The van der Waals surface area contributed by atoms with Crippen molar-refractivity contribution in [2.45, 2.75) is 65.6 Å². The monoisotopic (exact) mass is 364 g/mol. The minimum Gasteiger partial charge on any atom is -0.457 e. The first-order valence-corrected chi connectivity index (χ1v) is 9.15. The van der Waals surface area contributed by atoms with Gasteiger partial charge in [-0.15, -0.1) is 0 Å². The van der Waals surface area contributed by atoms with E-state index in [1.807, 2.05) is 32.9 Å². The minimum absolute atomic E-state index is 0.0250. The standard InChI is InChI=1S/C21H32O5/c1-7-18-16(5)10-14(3)8-13(2)9-15(4)11-21(25,12-22)19(23)17(6)20(24)26-18/h9-10,13,17-18,22,25H,3,7-8,11-12H2,1-2,4-6H3/t13-,17+,18-,21?/m0/s1. The van der Waals surface area contributed by atoms with E-state index in [0.717, 1.165) is 16.7 Å². The summed E-state index contributed by atoms with van der Waals surface area (Å²) in [5.74, 6) is -2.42. The number of aliphatic hydroxyl groups excluding tert-OH is 1. The van der Waals surface area contributed by atoms with Crippen LogP contribution in [0.15, 0.2) is 35.5 Å². The molecule has 0 saturated carbocycles. The molecule has 2 N–H and O–H groups in total. The molecule has 0 amide bonds. The average molecular weight is 364 g/mol. The highest BCUT2D eigenvalue weighted by Crippen LogP contribution is 2.26. The molecule has 0 bridgehead atoms. The molecular weight excluding hydrogens is 332 g/mol. The molecule has 5 nitrogen and oxygen atoms in total. The van der Waals surface area contributed by atoms with Crippen LogP contribution in [0, 0.1) is 11.8 Å². The zero-order chi connectivity index (χ0) is 20.1. The Bertz CT molecular complexity index is 616. The number of esters is 1. The Kier molecular flexibility index (Phi) is 7.97. The van der Waals surface area contributed by atoms with Crippen LogP contribution in [0.1, 0.15) is 53.9 Å². The van der Waals surface area contributed by atoms with Crippen LogP contribution in [0.2, 0.25) is 0 Å². The largest absolute Gasteiger partial charge is 0.457 e. The molecule has 0 aromatic rings. The summed E-state index contributed by atoms with van der Waals surface area (Å²) >= 11 is 0. The lowest BCUT2D eigenvalue weighted by atomic mass is 9.84. The van der Waals surface area contributed by atoms with Crippen molar-refractivity contribution in [2.24, 2.45) is 11.8 Å². The third-order valence-electron chi connectivity index (χ3n) is 4.76. The summed E-state index contributed by atoms with van der Waals surface area (Å²) in [5.41, 5.74) is 0.576. The Morgan fingerprint density at radius 3 is 2.46 bits per heavy atom. The lowest BCUT2D eigenvalue weighted by Crippen LogP contribution is -2.48. The second-order valence-corrected chi connectivity index (χ2v) is 7.53. The Labute approximate surface area is 156 Å². The van der Waals surface area contributed by atoms with Crippen LogP contribution in [0.4, 0.5) is 0 Å². The second-order valence-electron chi connectivity index (χ2n) is 7.53. The molecule has 0 aromatic carbocycles. The summed E-state index contributed by atoms with van der Waals surface area (Å²) in [6.07, 6.45) is 4.70. The van der Waals surface area contributed by atoms with Crippen LogP contribution in [0.25, 0.3) is 0 Å². The first-order valence-electron chi connectivity index (χ1n) is 9.15. The SMILES string of the molecule is C=C1C=C(C)[C@H](CC)OC(=O)[C@H](C)C(=O)C(O)(CO)CC(C)=C[C@@H](C)C1. The molecule has 0 spiro atoms. The fraction of sp³-hybridized carbons (Fsp3) is 0.619. The number of rotatable bonds is 2. The van der Waals surface area contributed by atoms with Gasteiger partial charge in [0.1, 0.15) is 12.0 Å². The number of aliphatic hydroxyl groups is 2. The van der Waals surface area contributed by atoms with Crippen molar-refractivity contribution < 1.29 is 24.5 Å². The lowest BCUT2D eigenvalue weighted by molar-refractivity contribution is -0.161. The molecule has 1 unspecified atom stereocenters. The summed E-state index contributed by atoms with van der Waals surface area (Å²) in [5, 5.41) is 20.3. The number of carbonyl (C=O) groups is 2. The van der Waals surface area contributed by atoms with Gasteiger partial charge in [0.2, 0.25) is 0 Å². The van der Waals surface area contributed by atoms with Gasteiger partial charge in [0.15, 0.2) is 11.4 Å². The molecular formula is C21H32O5. The number of ketones is 1. The summed E-state index contributed by atoms with van der Waals surface area (Å²) < 4.78 is 5.50. The van der Waals surface area contributed by atoms with E-state index < -0.39 is 36.0 Å². The number of hydrogen-bond acceptors (Lipinski definition) is 5. The molecule has 146 valence electrons. The molecule has 1 aliphatic heterocycles. The molecule has 5 heteroatoms. The van der Waals surface area contributed by atoms with Crippen LogP contribution in [0.5, 0.6) is 0 Å². The molecule has 26 heavy (non-hydrogen) atoms. The Hall–Kier alpha value is -1.72. The maximum atomic E-state index is 12.7. The number of ether oxygens (including phenoxy) is 1. The number of carbonyl (C=O) groups excluding carboxylic acids is 2. The molecule has 0 fully saturated rings. The Balaban J connectivity index is 3.32. The van der Waals surface area contributed by atoms with Crippen LogP contribution < -0.4 is 0 Å². The zero-order valence-electron chi connectivity index (χ0n) is 16.5. The van der Waals surface area contributed by atoms with Crippen molar-refractivity contribution in [3.8, 4) is 0 Å². The van der Waals surface area contributed by atoms with Crippen LogP contribution in [-0.4, -0.2) is 40.3 Å². The lowest BCUT2D eigenvalue weighted by Gasteiger charge is -2.28. The normalized spacial score (nSPS) is 32.4.